The number of anilines is 1. The minimum atomic E-state index is -0.486. The van der Waals surface area contributed by atoms with Gasteiger partial charge in [0.1, 0.15) is 11.7 Å². The van der Waals surface area contributed by atoms with E-state index in [0.29, 0.717) is 12.1 Å². The van der Waals surface area contributed by atoms with Crippen LogP contribution in [0, 0.1) is 10.1 Å². The van der Waals surface area contributed by atoms with Crippen LogP contribution in [0.2, 0.25) is 0 Å². The summed E-state index contributed by atoms with van der Waals surface area (Å²) in [6, 6.07) is 4.45. The van der Waals surface area contributed by atoms with E-state index < -0.39 is 4.92 Å². The Balaban J connectivity index is 2.25. The predicted molar refractivity (Wildman–Crippen MR) is 76.4 cm³/mol. The van der Waals surface area contributed by atoms with Gasteiger partial charge in [0.15, 0.2) is 0 Å². The average molecular weight is 294 g/mol. The summed E-state index contributed by atoms with van der Waals surface area (Å²) in [5.74, 6) is 5.14. The summed E-state index contributed by atoms with van der Waals surface area (Å²) in [4.78, 5) is 24.2. The van der Waals surface area contributed by atoms with Gasteiger partial charge >= 0.3 is 5.97 Å². The molecule has 0 saturated carbocycles. The zero-order valence-corrected chi connectivity index (χ0v) is 11.7. The van der Waals surface area contributed by atoms with Gasteiger partial charge in [-0.3, -0.25) is 25.7 Å². The van der Waals surface area contributed by atoms with Crippen molar-refractivity contribution in [3.63, 3.8) is 0 Å². The first-order valence-electron chi connectivity index (χ1n) is 6.63. The van der Waals surface area contributed by atoms with Gasteiger partial charge in [-0.2, -0.15) is 0 Å². The quantitative estimate of drug-likeness (QED) is 0.361. The molecular weight excluding hydrogens is 276 g/mol. The molecule has 0 aromatic heterocycles. The maximum Gasteiger partial charge on any atom is 0.323 e. The molecule has 1 saturated heterocycles. The minimum absolute atomic E-state index is 0.0798. The Hall–Kier alpha value is -2.19. The monoisotopic (exact) mass is 294 g/mol. The van der Waals surface area contributed by atoms with Gasteiger partial charge in [0.2, 0.25) is 0 Å². The Kier molecular flexibility index (Phi) is 4.71. The van der Waals surface area contributed by atoms with Crippen molar-refractivity contribution >= 4 is 17.3 Å². The molecule has 3 N–H and O–H groups in total. The molecule has 1 aromatic carbocycles. The second-order valence-electron chi connectivity index (χ2n) is 4.86. The summed E-state index contributed by atoms with van der Waals surface area (Å²) in [5.41, 5.74) is 3.27. The van der Waals surface area contributed by atoms with Crippen molar-refractivity contribution in [2.45, 2.75) is 25.4 Å². The topological polar surface area (TPSA) is 111 Å². The molecule has 1 aliphatic rings. The lowest BCUT2D eigenvalue weighted by Gasteiger charge is -2.23. The third kappa shape index (κ3) is 3.11. The minimum Gasteiger partial charge on any atom is -0.468 e. The summed E-state index contributed by atoms with van der Waals surface area (Å²) in [7, 11) is 1.36. The molecule has 0 amide bonds. The van der Waals surface area contributed by atoms with E-state index in [4.69, 9.17) is 10.6 Å². The number of nitrogens with two attached hydrogens (primary N) is 1. The molecule has 1 aliphatic heterocycles. The number of methoxy groups -OCH3 is 1. The fourth-order valence-electron chi connectivity index (χ4n) is 2.67. The van der Waals surface area contributed by atoms with Gasteiger partial charge in [-0.15, -0.1) is 0 Å². The van der Waals surface area contributed by atoms with Crippen molar-refractivity contribution in [1.29, 1.82) is 0 Å². The van der Waals surface area contributed by atoms with E-state index in [0.717, 1.165) is 19.4 Å². The number of nitrogen functional groups attached to an aromatic ring is 1. The van der Waals surface area contributed by atoms with Crippen molar-refractivity contribution in [3.05, 3.63) is 33.9 Å². The number of carbonyl (C=O) groups is 1. The maximum absolute atomic E-state index is 11.7. The molecule has 1 fully saturated rings. The van der Waals surface area contributed by atoms with Gasteiger partial charge in [0.05, 0.1) is 12.0 Å². The molecule has 1 atom stereocenters. The molecule has 2 rings (SSSR count). The van der Waals surface area contributed by atoms with Crippen LogP contribution in [0.1, 0.15) is 18.4 Å². The molecule has 0 spiro atoms. The molecule has 0 radical (unpaired) electrons. The molecule has 114 valence electrons. The number of hydrogen-bond donors (Lipinski definition) is 2. The van der Waals surface area contributed by atoms with Gasteiger partial charge in [-0.05, 0) is 24.9 Å². The first-order chi connectivity index (χ1) is 10.1. The van der Waals surface area contributed by atoms with E-state index in [9.17, 15) is 14.9 Å². The zero-order chi connectivity index (χ0) is 15.4. The Morgan fingerprint density at radius 2 is 2.38 bits per heavy atom. The lowest BCUT2D eigenvalue weighted by Crippen LogP contribution is -2.36. The van der Waals surface area contributed by atoms with Crippen LogP contribution in [-0.2, 0) is 16.1 Å². The molecule has 0 aliphatic carbocycles. The molecule has 8 nitrogen and oxygen atoms in total. The third-order valence-electron chi connectivity index (χ3n) is 3.68. The molecule has 1 unspecified atom stereocenters. The van der Waals surface area contributed by atoms with E-state index in [-0.39, 0.29) is 23.4 Å². The first-order valence-corrected chi connectivity index (χ1v) is 6.63. The molecule has 1 heterocycles. The summed E-state index contributed by atoms with van der Waals surface area (Å²) >= 11 is 0. The number of nitrogens with zero attached hydrogens (tertiary/aromatic N) is 2. The number of hydrogen-bond acceptors (Lipinski definition) is 7. The van der Waals surface area contributed by atoms with Crippen LogP contribution >= 0.6 is 0 Å². The van der Waals surface area contributed by atoms with Gasteiger partial charge in [0, 0.05) is 12.6 Å². The Morgan fingerprint density at radius 1 is 1.62 bits per heavy atom. The van der Waals surface area contributed by atoms with E-state index in [1.54, 1.807) is 12.1 Å². The molecular formula is C13H18N4O4. The van der Waals surface area contributed by atoms with E-state index in [1.807, 2.05) is 4.90 Å². The van der Waals surface area contributed by atoms with Crippen LogP contribution in [0.15, 0.2) is 18.2 Å². The number of rotatable bonds is 5. The van der Waals surface area contributed by atoms with Crippen molar-refractivity contribution in [2.24, 2.45) is 5.84 Å². The smallest absolute Gasteiger partial charge is 0.323 e. The van der Waals surface area contributed by atoms with Crippen molar-refractivity contribution in [2.75, 3.05) is 19.1 Å². The number of para-hydroxylation sites is 1. The van der Waals surface area contributed by atoms with Crippen LogP contribution in [-0.4, -0.2) is 35.5 Å². The maximum atomic E-state index is 11.7. The highest BCUT2D eigenvalue weighted by molar-refractivity contribution is 5.76. The normalized spacial score (nSPS) is 18.5. The largest absolute Gasteiger partial charge is 0.468 e. The average Bonchev–Trinajstić information content (AvgIpc) is 2.94. The number of nitrogens with one attached hydrogen (secondary N) is 1. The summed E-state index contributed by atoms with van der Waals surface area (Å²) in [6.07, 6.45) is 1.62. The second-order valence-corrected chi connectivity index (χ2v) is 4.86. The fraction of sp³-hybridized carbons (Fsp3) is 0.462. The fourth-order valence-corrected chi connectivity index (χ4v) is 2.67. The Bertz CT molecular complexity index is 549. The van der Waals surface area contributed by atoms with Crippen molar-refractivity contribution in [3.8, 4) is 0 Å². The molecule has 0 bridgehead atoms. The lowest BCUT2D eigenvalue weighted by atomic mass is 10.1. The van der Waals surface area contributed by atoms with Gasteiger partial charge in [-0.1, -0.05) is 12.1 Å². The number of esters is 1. The highest BCUT2D eigenvalue weighted by Gasteiger charge is 2.32. The lowest BCUT2D eigenvalue weighted by molar-refractivity contribution is -0.384. The predicted octanol–water partition coefficient (Wildman–Crippen LogP) is 1.02. The second kappa shape index (κ2) is 6.51. The molecule has 1 aromatic rings. The molecule has 21 heavy (non-hydrogen) atoms. The number of nitro groups is 1. The van der Waals surface area contributed by atoms with E-state index >= 15 is 0 Å². The summed E-state index contributed by atoms with van der Waals surface area (Å²) in [5, 5.41) is 11.0. The van der Waals surface area contributed by atoms with Gasteiger partial charge in [0.25, 0.3) is 5.69 Å². The number of likely N-dealkylation sites (tertiary alicyclic amines) is 1. The third-order valence-corrected chi connectivity index (χ3v) is 3.68. The van der Waals surface area contributed by atoms with Crippen molar-refractivity contribution in [1.82, 2.24) is 4.90 Å². The van der Waals surface area contributed by atoms with Crippen LogP contribution in [0.5, 0.6) is 0 Å². The number of benzene rings is 1. The Labute approximate surface area is 122 Å². The van der Waals surface area contributed by atoms with Crippen LogP contribution in [0.3, 0.4) is 0 Å². The standard InChI is InChI=1S/C13H18N4O4/c1-21-13(18)11-6-3-7-16(11)8-9-4-2-5-10(17(19)20)12(9)15-14/h2,4-5,11,15H,3,6-8,14H2,1H3. The van der Waals surface area contributed by atoms with Crippen LogP contribution in [0.4, 0.5) is 11.4 Å². The zero-order valence-electron chi connectivity index (χ0n) is 11.7. The van der Waals surface area contributed by atoms with Crippen molar-refractivity contribution < 1.29 is 14.5 Å². The summed E-state index contributed by atoms with van der Waals surface area (Å²) in [6.45, 7) is 1.15. The van der Waals surface area contributed by atoms with Gasteiger partial charge in [-0.25, -0.2) is 0 Å². The number of nitro benzene ring substituents is 1. The summed E-state index contributed by atoms with van der Waals surface area (Å²) < 4.78 is 4.79. The van der Waals surface area contributed by atoms with Crippen LogP contribution in [0.25, 0.3) is 0 Å². The number of ether oxygens (including phenoxy) is 1. The van der Waals surface area contributed by atoms with E-state index in [1.165, 1.54) is 13.2 Å². The van der Waals surface area contributed by atoms with Gasteiger partial charge < -0.3 is 10.2 Å². The highest BCUT2D eigenvalue weighted by Crippen LogP contribution is 2.30. The number of hydrazine groups is 1. The highest BCUT2D eigenvalue weighted by atomic mass is 16.6. The van der Waals surface area contributed by atoms with Crippen LogP contribution < -0.4 is 11.3 Å². The van der Waals surface area contributed by atoms with E-state index in [2.05, 4.69) is 5.43 Å². The number of carbonyl (C=O) groups excluding carboxylic acids is 1. The molecule has 8 heteroatoms. The Morgan fingerprint density at radius 3 is 3.00 bits per heavy atom. The SMILES string of the molecule is COC(=O)C1CCCN1Cc1cccc([N+](=O)[O-])c1NN. The first kappa shape index (κ1) is 15.2.